The predicted octanol–water partition coefficient (Wildman–Crippen LogP) is 3.49. The van der Waals surface area contributed by atoms with Crippen LogP contribution in [-0.4, -0.2) is 67.0 Å². The van der Waals surface area contributed by atoms with E-state index in [4.69, 9.17) is 9.47 Å². The number of carbonyl (C=O) groups excluding carboxylic acids is 1. The number of hydrogen-bond donors (Lipinski definition) is 1. The van der Waals surface area contributed by atoms with Crippen LogP contribution in [0, 0.1) is 17.2 Å². The lowest BCUT2D eigenvalue weighted by atomic mass is 10.0. The summed E-state index contributed by atoms with van der Waals surface area (Å²) in [6, 6.07) is 12.4. The van der Waals surface area contributed by atoms with Crippen molar-refractivity contribution in [3.63, 3.8) is 0 Å². The molecule has 1 atom stereocenters. The van der Waals surface area contributed by atoms with Gasteiger partial charge in [-0.15, -0.1) is 12.4 Å². The third-order valence-corrected chi connectivity index (χ3v) is 6.35. The minimum atomic E-state index is -0.675. The number of pyridine rings is 1. The molecule has 0 amide bonds. The van der Waals surface area contributed by atoms with Gasteiger partial charge in [0.25, 0.3) is 0 Å². The van der Waals surface area contributed by atoms with Gasteiger partial charge in [0.15, 0.2) is 11.4 Å². The summed E-state index contributed by atoms with van der Waals surface area (Å²) in [5.74, 6) is 0.716. The third kappa shape index (κ3) is 8.81. The molecule has 1 aliphatic rings. The van der Waals surface area contributed by atoms with Gasteiger partial charge in [-0.1, -0.05) is 24.3 Å². The normalized spacial score (nSPS) is 13.9. The van der Waals surface area contributed by atoms with Crippen molar-refractivity contribution in [1.29, 1.82) is 5.26 Å². The van der Waals surface area contributed by atoms with Gasteiger partial charge < -0.3 is 19.1 Å². The molecule has 35 heavy (non-hydrogen) atoms. The number of hydrogen-bond acceptors (Lipinski definition) is 6. The Balaban J connectivity index is 0.00000432. The Morgan fingerprint density at radius 2 is 1.97 bits per heavy atom. The molecule has 0 saturated carbocycles. The van der Waals surface area contributed by atoms with Crippen molar-refractivity contribution in [2.24, 2.45) is 5.92 Å². The van der Waals surface area contributed by atoms with Crippen molar-refractivity contribution in [2.75, 3.05) is 40.4 Å². The SMILES string of the molecule is CCOC(=O)CCc1cnc(C#N)c(OC[C@H](O)C[N+](C)(C)CCC2Cc3ccccc3C2)c1.Cl. The molecule has 0 saturated heterocycles. The molecular weight excluding hydrogens is 466 g/mol. The smallest absolute Gasteiger partial charge is 0.306 e. The van der Waals surface area contributed by atoms with Crippen LogP contribution in [0.4, 0.5) is 0 Å². The Morgan fingerprint density at radius 3 is 2.60 bits per heavy atom. The zero-order chi connectivity index (χ0) is 24.6. The first-order valence-corrected chi connectivity index (χ1v) is 12.0. The third-order valence-electron chi connectivity index (χ3n) is 6.35. The second kappa shape index (κ2) is 13.4. The number of halogens is 1. The number of ether oxygens (including phenoxy) is 2. The summed E-state index contributed by atoms with van der Waals surface area (Å²) in [4.78, 5) is 15.7. The Hall–Kier alpha value is -2.66. The van der Waals surface area contributed by atoms with Gasteiger partial charge in [-0.25, -0.2) is 4.98 Å². The van der Waals surface area contributed by atoms with Gasteiger partial charge in [0.2, 0.25) is 0 Å². The van der Waals surface area contributed by atoms with Crippen LogP contribution < -0.4 is 4.74 Å². The van der Waals surface area contributed by atoms with Crippen molar-refractivity contribution >= 4 is 18.4 Å². The van der Waals surface area contributed by atoms with Crippen molar-refractivity contribution in [3.05, 3.63) is 58.9 Å². The van der Waals surface area contributed by atoms with E-state index >= 15 is 0 Å². The molecule has 1 N–H and O–H groups in total. The second-order valence-corrected chi connectivity index (χ2v) is 9.75. The number of carbonyl (C=O) groups is 1. The predicted molar refractivity (Wildman–Crippen MR) is 136 cm³/mol. The number of esters is 1. The number of aliphatic hydroxyl groups excluding tert-OH is 1. The molecule has 1 aromatic heterocycles. The number of aliphatic hydroxyl groups is 1. The van der Waals surface area contributed by atoms with E-state index in [9.17, 15) is 15.2 Å². The van der Waals surface area contributed by atoms with Crippen molar-refractivity contribution < 1.29 is 23.9 Å². The van der Waals surface area contributed by atoms with Gasteiger partial charge in [0.1, 0.15) is 25.3 Å². The minimum absolute atomic E-state index is 0. The number of rotatable bonds is 12. The van der Waals surface area contributed by atoms with Crippen molar-refractivity contribution in [1.82, 2.24) is 4.98 Å². The highest BCUT2D eigenvalue weighted by Gasteiger charge is 2.26. The lowest BCUT2D eigenvalue weighted by molar-refractivity contribution is -0.894. The molecular formula is C27H37ClN3O4+. The lowest BCUT2D eigenvalue weighted by Gasteiger charge is -2.32. The molecule has 1 heterocycles. The van der Waals surface area contributed by atoms with Gasteiger partial charge in [-0.05, 0) is 54.9 Å². The van der Waals surface area contributed by atoms with Crippen LogP contribution in [0.25, 0.3) is 0 Å². The molecule has 0 bridgehead atoms. The molecule has 0 unspecified atom stereocenters. The van der Waals surface area contributed by atoms with E-state index in [1.165, 1.54) is 11.1 Å². The number of likely N-dealkylation sites (N-methyl/N-ethyl adjacent to an activating group) is 1. The summed E-state index contributed by atoms with van der Waals surface area (Å²) in [6.07, 6.45) is 4.97. The van der Waals surface area contributed by atoms with Gasteiger partial charge in [-0.3, -0.25) is 4.79 Å². The first-order valence-electron chi connectivity index (χ1n) is 12.0. The number of fused-ring (bicyclic) bond motifs is 1. The van der Waals surface area contributed by atoms with E-state index in [-0.39, 0.29) is 37.1 Å². The molecule has 7 nitrogen and oxygen atoms in total. The highest BCUT2D eigenvalue weighted by atomic mass is 35.5. The largest absolute Gasteiger partial charge is 0.488 e. The molecule has 2 aromatic rings. The van der Waals surface area contributed by atoms with Crippen LogP contribution in [0.2, 0.25) is 0 Å². The quantitative estimate of drug-likeness (QED) is 0.353. The molecule has 0 fully saturated rings. The molecule has 0 spiro atoms. The molecule has 190 valence electrons. The zero-order valence-electron chi connectivity index (χ0n) is 20.9. The number of nitriles is 1. The molecule has 3 rings (SSSR count). The van der Waals surface area contributed by atoms with E-state index < -0.39 is 6.10 Å². The lowest BCUT2D eigenvalue weighted by Crippen LogP contribution is -2.48. The molecule has 0 aliphatic heterocycles. The number of quaternary nitrogens is 1. The Bertz CT molecular complexity index is 997. The second-order valence-electron chi connectivity index (χ2n) is 9.75. The summed E-state index contributed by atoms with van der Waals surface area (Å²) in [5, 5.41) is 20.0. The molecule has 8 heteroatoms. The van der Waals surface area contributed by atoms with Crippen LogP contribution in [0.3, 0.4) is 0 Å². The van der Waals surface area contributed by atoms with Gasteiger partial charge in [0, 0.05) is 19.0 Å². The summed E-state index contributed by atoms with van der Waals surface area (Å²) in [5.41, 5.74) is 3.89. The Kier molecular flexibility index (Phi) is 11.0. The van der Waals surface area contributed by atoms with Crippen LogP contribution >= 0.6 is 12.4 Å². The fourth-order valence-electron chi connectivity index (χ4n) is 4.58. The zero-order valence-corrected chi connectivity index (χ0v) is 21.7. The summed E-state index contributed by atoms with van der Waals surface area (Å²) in [6.45, 7) is 3.72. The van der Waals surface area contributed by atoms with E-state index in [0.717, 1.165) is 31.4 Å². The fraction of sp³-hybridized carbons (Fsp3) is 0.519. The van der Waals surface area contributed by atoms with E-state index in [1.54, 1.807) is 19.2 Å². The summed E-state index contributed by atoms with van der Waals surface area (Å²) < 4.78 is 11.4. The van der Waals surface area contributed by atoms with Crippen LogP contribution in [0.15, 0.2) is 36.5 Å². The van der Waals surface area contributed by atoms with Crippen LogP contribution in [-0.2, 0) is 28.8 Å². The summed E-state index contributed by atoms with van der Waals surface area (Å²) in [7, 11) is 4.26. The standard InChI is InChI=1S/C27H36N3O4.ClH/c1-4-33-27(32)10-9-21-15-26(25(16-28)29-17-21)34-19-24(31)18-30(2,3)12-11-20-13-22-7-5-6-8-23(22)14-20;/h5-8,15,17,20,24,31H,4,9-14,18-19H2,1-3H3;1H/q+1;/t24-;/m1./s1. The van der Waals surface area contributed by atoms with Crippen LogP contribution in [0.5, 0.6) is 5.75 Å². The van der Waals surface area contributed by atoms with Crippen LogP contribution in [0.1, 0.15) is 42.1 Å². The maximum Gasteiger partial charge on any atom is 0.306 e. The molecule has 0 radical (unpaired) electrons. The van der Waals surface area contributed by atoms with Gasteiger partial charge >= 0.3 is 5.97 Å². The van der Waals surface area contributed by atoms with E-state index in [0.29, 0.717) is 35.7 Å². The first-order chi connectivity index (χ1) is 16.3. The fourth-order valence-corrected chi connectivity index (χ4v) is 4.58. The number of aryl methyl sites for hydroxylation is 1. The van der Waals surface area contributed by atoms with Gasteiger partial charge in [-0.2, -0.15) is 5.26 Å². The van der Waals surface area contributed by atoms with Crippen molar-refractivity contribution in [2.45, 2.75) is 45.1 Å². The average molecular weight is 503 g/mol. The number of benzene rings is 1. The average Bonchev–Trinajstić information content (AvgIpc) is 3.23. The molecule has 1 aromatic carbocycles. The maximum absolute atomic E-state index is 11.6. The number of aromatic nitrogens is 1. The molecule has 1 aliphatic carbocycles. The Labute approximate surface area is 214 Å². The van der Waals surface area contributed by atoms with E-state index in [1.807, 2.05) is 6.07 Å². The van der Waals surface area contributed by atoms with E-state index in [2.05, 4.69) is 43.3 Å². The highest BCUT2D eigenvalue weighted by Crippen LogP contribution is 2.29. The first kappa shape index (κ1) is 28.6. The Morgan fingerprint density at radius 1 is 1.29 bits per heavy atom. The maximum atomic E-state index is 11.6. The summed E-state index contributed by atoms with van der Waals surface area (Å²) >= 11 is 0. The van der Waals surface area contributed by atoms with Gasteiger partial charge in [0.05, 0.1) is 27.2 Å². The highest BCUT2D eigenvalue weighted by molar-refractivity contribution is 5.85. The minimum Gasteiger partial charge on any atom is -0.488 e. The topological polar surface area (TPSA) is 92.4 Å². The monoisotopic (exact) mass is 502 g/mol. The van der Waals surface area contributed by atoms with Crippen molar-refractivity contribution in [3.8, 4) is 11.8 Å². The number of nitrogens with zero attached hydrogens (tertiary/aromatic N) is 3.